The van der Waals surface area contributed by atoms with Crippen LogP contribution in [0.1, 0.15) is 18.9 Å². The second-order valence-corrected chi connectivity index (χ2v) is 4.13. The molecule has 0 amide bonds. The molecule has 2 heteroatoms. The van der Waals surface area contributed by atoms with Crippen molar-refractivity contribution in [2.24, 2.45) is 17.6 Å². The van der Waals surface area contributed by atoms with Crippen LogP contribution in [-0.2, 0) is 6.54 Å². The van der Waals surface area contributed by atoms with E-state index in [2.05, 4.69) is 6.92 Å². The van der Waals surface area contributed by atoms with E-state index < -0.39 is 0 Å². The summed E-state index contributed by atoms with van der Waals surface area (Å²) < 4.78 is 5.66. The SMILES string of the molecule is C[C@@H]1C[C@H]1COc1ccc(CN)cc1. The summed E-state index contributed by atoms with van der Waals surface area (Å²) in [6.45, 7) is 3.73. The summed E-state index contributed by atoms with van der Waals surface area (Å²) >= 11 is 0. The van der Waals surface area contributed by atoms with Crippen LogP contribution in [0, 0.1) is 11.8 Å². The molecule has 1 aliphatic rings. The third-order valence-corrected chi connectivity index (χ3v) is 2.90. The number of nitrogens with two attached hydrogens (primary N) is 1. The van der Waals surface area contributed by atoms with Gasteiger partial charge in [-0.25, -0.2) is 0 Å². The van der Waals surface area contributed by atoms with Crippen LogP contribution < -0.4 is 10.5 Å². The van der Waals surface area contributed by atoms with Crippen molar-refractivity contribution in [2.75, 3.05) is 6.61 Å². The summed E-state index contributed by atoms with van der Waals surface area (Å²) in [7, 11) is 0. The van der Waals surface area contributed by atoms with Crippen LogP contribution in [0.25, 0.3) is 0 Å². The van der Waals surface area contributed by atoms with Crippen molar-refractivity contribution in [2.45, 2.75) is 19.9 Å². The minimum Gasteiger partial charge on any atom is -0.493 e. The van der Waals surface area contributed by atoms with E-state index in [9.17, 15) is 0 Å². The molecule has 0 radical (unpaired) electrons. The Hall–Kier alpha value is -1.02. The van der Waals surface area contributed by atoms with Crippen molar-refractivity contribution in [1.82, 2.24) is 0 Å². The minimum absolute atomic E-state index is 0.597. The van der Waals surface area contributed by atoms with E-state index in [1.165, 1.54) is 6.42 Å². The fourth-order valence-electron chi connectivity index (χ4n) is 1.56. The minimum atomic E-state index is 0.597. The molecule has 1 aliphatic carbocycles. The quantitative estimate of drug-likeness (QED) is 0.791. The molecule has 2 N–H and O–H groups in total. The van der Waals surface area contributed by atoms with Crippen LogP contribution in [0.2, 0.25) is 0 Å². The molecule has 1 fully saturated rings. The molecule has 2 nitrogen and oxygen atoms in total. The van der Waals surface area contributed by atoms with Crippen molar-refractivity contribution in [3.8, 4) is 5.75 Å². The van der Waals surface area contributed by atoms with E-state index in [1.807, 2.05) is 24.3 Å². The van der Waals surface area contributed by atoms with Gasteiger partial charge < -0.3 is 10.5 Å². The van der Waals surface area contributed by atoms with E-state index >= 15 is 0 Å². The van der Waals surface area contributed by atoms with Gasteiger partial charge in [-0.1, -0.05) is 19.1 Å². The first-order valence-corrected chi connectivity index (χ1v) is 5.21. The van der Waals surface area contributed by atoms with Crippen molar-refractivity contribution in [3.05, 3.63) is 29.8 Å². The Morgan fingerprint density at radius 2 is 2.00 bits per heavy atom. The number of hydrogen-bond acceptors (Lipinski definition) is 2. The van der Waals surface area contributed by atoms with Gasteiger partial charge in [0.05, 0.1) is 6.61 Å². The average molecular weight is 191 g/mol. The average Bonchev–Trinajstić information content (AvgIpc) is 2.92. The molecule has 2 atom stereocenters. The summed E-state index contributed by atoms with van der Waals surface area (Å²) in [5, 5.41) is 0. The Morgan fingerprint density at radius 1 is 1.36 bits per heavy atom. The third-order valence-electron chi connectivity index (χ3n) is 2.90. The van der Waals surface area contributed by atoms with Gasteiger partial charge in [0.15, 0.2) is 0 Å². The van der Waals surface area contributed by atoms with Crippen LogP contribution in [0.5, 0.6) is 5.75 Å². The van der Waals surface area contributed by atoms with Crippen molar-refractivity contribution < 1.29 is 4.74 Å². The topological polar surface area (TPSA) is 35.2 Å². The molecule has 0 unspecified atom stereocenters. The lowest BCUT2D eigenvalue weighted by atomic mass is 10.2. The fourth-order valence-corrected chi connectivity index (χ4v) is 1.56. The summed E-state index contributed by atoms with van der Waals surface area (Å²) in [5.41, 5.74) is 6.66. The Balaban J connectivity index is 1.84. The van der Waals surface area contributed by atoms with Gasteiger partial charge in [-0.2, -0.15) is 0 Å². The summed E-state index contributed by atoms with van der Waals surface area (Å²) in [6, 6.07) is 8.03. The zero-order chi connectivity index (χ0) is 9.97. The number of hydrogen-bond donors (Lipinski definition) is 1. The molecule has 0 spiro atoms. The van der Waals surface area contributed by atoms with E-state index in [-0.39, 0.29) is 0 Å². The van der Waals surface area contributed by atoms with Crippen molar-refractivity contribution >= 4 is 0 Å². The molecule has 1 saturated carbocycles. The number of benzene rings is 1. The van der Waals surface area contributed by atoms with E-state index in [4.69, 9.17) is 10.5 Å². The van der Waals surface area contributed by atoms with Gasteiger partial charge in [-0.05, 0) is 36.0 Å². The highest BCUT2D eigenvalue weighted by Gasteiger charge is 2.32. The standard InChI is InChI=1S/C12H17NO/c1-9-6-11(9)8-14-12-4-2-10(7-13)3-5-12/h2-5,9,11H,6-8,13H2,1H3/t9-,11+/m1/s1. The normalized spacial score (nSPS) is 24.7. The van der Waals surface area contributed by atoms with E-state index in [1.54, 1.807) is 0 Å². The highest BCUT2D eigenvalue weighted by molar-refractivity contribution is 5.27. The Kier molecular flexibility index (Phi) is 2.73. The maximum absolute atomic E-state index is 5.66. The van der Waals surface area contributed by atoms with E-state index in [0.717, 1.165) is 29.8 Å². The zero-order valence-corrected chi connectivity index (χ0v) is 8.57. The van der Waals surface area contributed by atoms with Gasteiger partial charge in [0.2, 0.25) is 0 Å². The van der Waals surface area contributed by atoms with Gasteiger partial charge in [-0.3, -0.25) is 0 Å². The van der Waals surface area contributed by atoms with Crippen LogP contribution in [0.3, 0.4) is 0 Å². The Labute approximate surface area is 85.1 Å². The Bertz CT molecular complexity index is 294. The largest absolute Gasteiger partial charge is 0.493 e. The molecular formula is C12H17NO. The van der Waals surface area contributed by atoms with Crippen LogP contribution >= 0.6 is 0 Å². The molecule has 1 aromatic rings. The van der Waals surface area contributed by atoms with Gasteiger partial charge in [0, 0.05) is 6.54 Å². The predicted molar refractivity (Wildman–Crippen MR) is 57.1 cm³/mol. The van der Waals surface area contributed by atoms with Gasteiger partial charge in [-0.15, -0.1) is 0 Å². The van der Waals surface area contributed by atoms with E-state index in [0.29, 0.717) is 6.54 Å². The molecule has 2 rings (SSSR count). The Morgan fingerprint density at radius 3 is 2.50 bits per heavy atom. The summed E-state index contributed by atoms with van der Waals surface area (Å²) in [4.78, 5) is 0. The number of ether oxygens (including phenoxy) is 1. The first-order valence-electron chi connectivity index (χ1n) is 5.21. The predicted octanol–water partition coefficient (Wildman–Crippen LogP) is 2.18. The second-order valence-electron chi connectivity index (χ2n) is 4.13. The molecular weight excluding hydrogens is 174 g/mol. The fraction of sp³-hybridized carbons (Fsp3) is 0.500. The smallest absolute Gasteiger partial charge is 0.119 e. The van der Waals surface area contributed by atoms with Crippen molar-refractivity contribution in [1.29, 1.82) is 0 Å². The van der Waals surface area contributed by atoms with Gasteiger partial charge in [0.1, 0.15) is 5.75 Å². The van der Waals surface area contributed by atoms with Crippen molar-refractivity contribution in [3.63, 3.8) is 0 Å². The molecule has 0 aromatic heterocycles. The highest BCUT2D eigenvalue weighted by atomic mass is 16.5. The maximum Gasteiger partial charge on any atom is 0.119 e. The summed E-state index contributed by atoms with van der Waals surface area (Å²) in [6.07, 6.45) is 1.32. The van der Waals surface area contributed by atoms with Gasteiger partial charge >= 0.3 is 0 Å². The molecule has 14 heavy (non-hydrogen) atoms. The monoisotopic (exact) mass is 191 g/mol. The first-order chi connectivity index (χ1) is 6.79. The molecule has 0 aliphatic heterocycles. The van der Waals surface area contributed by atoms with Gasteiger partial charge in [0.25, 0.3) is 0 Å². The van der Waals surface area contributed by atoms with Crippen LogP contribution in [0.15, 0.2) is 24.3 Å². The number of rotatable bonds is 4. The lowest BCUT2D eigenvalue weighted by molar-refractivity contribution is 0.293. The molecule has 0 heterocycles. The third kappa shape index (κ3) is 2.26. The molecule has 76 valence electrons. The zero-order valence-electron chi connectivity index (χ0n) is 8.57. The van der Waals surface area contributed by atoms with Crippen LogP contribution in [0.4, 0.5) is 0 Å². The molecule has 1 aromatic carbocycles. The summed E-state index contributed by atoms with van der Waals surface area (Å²) in [5.74, 6) is 2.60. The van der Waals surface area contributed by atoms with Crippen LogP contribution in [-0.4, -0.2) is 6.61 Å². The second kappa shape index (κ2) is 4.01. The molecule has 0 bridgehead atoms. The molecule has 0 saturated heterocycles. The lowest BCUT2D eigenvalue weighted by Crippen LogP contribution is -2.01. The lowest BCUT2D eigenvalue weighted by Gasteiger charge is -2.05. The maximum atomic E-state index is 5.66. The first kappa shape index (κ1) is 9.53. The highest BCUT2D eigenvalue weighted by Crippen LogP contribution is 2.37.